The summed E-state index contributed by atoms with van der Waals surface area (Å²) in [4.78, 5) is 15.6. The number of carbonyl (C=O) groups excluding carboxylic acids is 1. The van der Waals surface area contributed by atoms with Crippen molar-refractivity contribution in [1.29, 1.82) is 0 Å². The van der Waals surface area contributed by atoms with E-state index in [1.165, 1.54) is 0 Å². The first-order valence-electron chi connectivity index (χ1n) is 4.31. The Hall–Kier alpha value is -1.55. The van der Waals surface area contributed by atoms with Gasteiger partial charge in [0.05, 0.1) is 0 Å². The van der Waals surface area contributed by atoms with E-state index in [2.05, 4.69) is 5.48 Å². The number of hydrogen-bond acceptors (Lipinski definition) is 2. The van der Waals surface area contributed by atoms with Crippen molar-refractivity contribution in [3.05, 3.63) is 35.9 Å². The Kier molecular flexibility index (Phi) is 3.09. The summed E-state index contributed by atoms with van der Waals surface area (Å²) < 4.78 is 0. The molecular formula is C10H14N2O2. The molecule has 0 saturated heterocycles. The Morgan fingerprint density at radius 2 is 1.93 bits per heavy atom. The number of primary amides is 1. The molecule has 0 aliphatic rings. The van der Waals surface area contributed by atoms with Crippen LogP contribution in [-0.4, -0.2) is 6.03 Å². The van der Waals surface area contributed by atoms with Crippen LogP contribution in [0, 0.1) is 0 Å². The lowest BCUT2D eigenvalue weighted by atomic mass is 9.99. The van der Waals surface area contributed by atoms with Crippen molar-refractivity contribution >= 4 is 6.03 Å². The normalized spacial score (nSPS) is 11.0. The molecule has 1 aromatic rings. The average molecular weight is 194 g/mol. The van der Waals surface area contributed by atoms with E-state index in [1.54, 1.807) is 0 Å². The molecule has 0 saturated carbocycles. The Morgan fingerprint density at radius 1 is 1.36 bits per heavy atom. The van der Waals surface area contributed by atoms with E-state index in [4.69, 9.17) is 10.6 Å². The molecule has 1 aromatic carbocycles. The second kappa shape index (κ2) is 4.11. The van der Waals surface area contributed by atoms with Crippen molar-refractivity contribution in [3.63, 3.8) is 0 Å². The van der Waals surface area contributed by atoms with Gasteiger partial charge in [-0.15, -0.1) is 0 Å². The minimum atomic E-state index is -0.700. The number of carbonyl (C=O) groups is 1. The minimum absolute atomic E-state index is 0.587. The van der Waals surface area contributed by atoms with Gasteiger partial charge in [-0.3, -0.25) is 4.84 Å². The number of nitrogens with two attached hydrogens (primary N) is 1. The lowest BCUT2D eigenvalue weighted by Crippen LogP contribution is -2.37. The number of nitrogens with one attached hydrogen (secondary N) is 1. The molecule has 0 bridgehead atoms. The minimum Gasteiger partial charge on any atom is -0.350 e. The van der Waals surface area contributed by atoms with E-state index >= 15 is 0 Å². The highest BCUT2D eigenvalue weighted by Gasteiger charge is 2.21. The largest absolute Gasteiger partial charge is 0.350 e. The maximum atomic E-state index is 10.5. The van der Waals surface area contributed by atoms with Gasteiger partial charge in [0.15, 0.2) is 0 Å². The molecule has 0 fully saturated rings. The molecule has 14 heavy (non-hydrogen) atoms. The van der Waals surface area contributed by atoms with E-state index in [-0.39, 0.29) is 0 Å². The van der Waals surface area contributed by atoms with Crippen LogP contribution in [0.15, 0.2) is 30.3 Å². The lowest BCUT2D eigenvalue weighted by molar-refractivity contribution is -0.0685. The lowest BCUT2D eigenvalue weighted by Gasteiger charge is -2.24. The molecule has 1 rings (SSSR count). The van der Waals surface area contributed by atoms with E-state index in [0.29, 0.717) is 0 Å². The molecule has 0 radical (unpaired) electrons. The maximum Gasteiger partial charge on any atom is 0.336 e. The molecule has 0 unspecified atom stereocenters. The zero-order valence-corrected chi connectivity index (χ0v) is 8.28. The summed E-state index contributed by atoms with van der Waals surface area (Å²) in [6.45, 7) is 3.69. The van der Waals surface area contributed by atoms with Gasteiger partial charge in [-0.2, -0.15) is 0 Å². The molecule has 3 N–H and O–H groups in total. The van der Waals surface area contributed by atoms with Crippen LogP contribution < -0.4 is 11.2 Å². The summed E-state index contributed by atoms with van der Waals surface area (Å²) >= 11 is 0. The van der Waals surface area contributed by atoms with Crippen LogP contribution in [0.5, 0.6) is 0 Å². The number of benzene rings is 1. The highest BCUT2D eigenvalue weighted by Crippen LogP contribution is 2.22. The van der Waals surface area contributed by atoms with Gasteiger partial charge in [0.25, 0.3) is 0 Å². The van der Waals surface area contributed by atoms with Crippen molar-refractivity contribution in [2.24, 2.45) is 5.73 Å². The van der Waals surface area contributed by atoms with Gasteiger partial charge >= 0.3 is 6.03 Å². The first-order valence-corrected chi connectivity index (χ1v) is 4.31. The monoisotopic (exact) mass is 194 g/mol. The molecule has 0 aliphatic carbocycles. The van der Waals surface area contributed by atoms with Crippen LogP contribution in [0.1, 0.15) is 19.4 Å². The van der Waals surface area contributed by atoms with Gasteiger partial charge in [0, 0.05) is 0 Å². The number of urea groups is 1. The third kappa shape index (κ3) is 2.74. The first kappa shape index (κ1) is 10.5. The van der Waals surface area contributed by atoms with Crippen LogP contribution in [0.2, 0.25) is 0 Å². The second-order valence-corrected chi connectivity index (χ2v) is 3.44. The summed E-state index contributed by atoms with van der Waals surface area (Å²) in [5, 5.41) is 0. The molecule has 0 aliphatic heterocycles. The van der Waals surface area contributed by atoms with Gasteiger partial charge in [0.2, 0.25) is 0 Å². The van der Waals surface area contributed by atoms with Crippen molar-refractivity contribution in [2.45, 2.75) is 19.4 Å². The molecule has 0 spiro atoms. The van der Waals surface area contributed by atoms with Gasteiger partial charge in [-0.25, -0.2) is 10.3 Å². The quantitative estimate of drug-likeness (QED) is 0.716. The third-order valence-corrected chi connectivity index (χ3v) is 1.88. The number of hydrogen-bond donors (Lipinski definition) is 2. The highest BCUT2D eigenvalue weighted by molar-refractivity contribution is 5.70. The van der Waals surface area contributed by atoms with E-state index in [0.717, 1.165) is 5.56 Å². The molecular weight excluding hydrogens is 180 g/mol. The predicted molar refractivity (Wildman–Crippen MR) is 53.3 cm³/mol. The Labute approximate surface area is 83.0 Å². The fourth-order valence-corrected chi connectivity index (χ4v) is 1.08. The average Bonchev–Trinajstić information content (AvgIpc) is 2.16. The predicted octanol–water partition coefficient (Wildman–Crippen LogP) is 1.52. The molecule has 0 aromatic heterocycles. The number of hydroxylamine groups is 1. The zero-order chi connectivity index (χ0) is 10.6. The fourth-order valence-electron chi connectivity index (χ4n) is 1.08. The van der Waals surface area contributed by atoms with Crippen molar-refractivity contribution in [1.82, 2.24) is 5.48 Å². The Bertz CT molecular complexity index is 309. The van der Waals surface area contributed by atoms with Gasteiger partial charge < -0.3 is 5.73 Å². The SMILES string of the molecule is CC(C)(ONC(N)=O)c1ccccc1. The first-order chi connectivity index (χ1) is 6.52. The second-order valence-electron chi connectivity index (χ2n) is 3.44. The molecule has 0 atom stereocenters. The van der Waals surface area contributed by atoms with E-state index in [1.807, 2.05) is 44.2 Å². The van der Waals surface area contributed by atoms with Crippen molar-refractivity contribution < 1.29 is 9.63 Å². The molecule has 4 heteroatoms. The van der Waals surface area contributed by atoms with Gasteiger partial charge in [-0.1, -0.05) is 30.3 Å². The van der Waals surface area contributed by atoms with E-state index in [9.17, 15) is 4.79 Å². The molecule has 76 valence electrons. The van der Waals surface area contributed by atoms with Crippen LogP contribution in [0.3, 0.4) is 0 Å². The van der Waals surface area contributed by atoms with E-state index < -0.39 is 11.6 Å². The summed E-state index contributed by atoms with van der Waals surface area (Å²) in [6.07, 6.45) is 0. The number of amides is 2. The summed E-state index contributed by atoms with van der Waals surface area (Å²) in [7, 11) is 0. The van der Waals surface area contributed by atoms with Crippen LogP contribution in [0.4, 0.5) is 4.79 Å². The van der Waals surface area contributed by atoms with Crippen LogP contribution in [0.25, 0.3) is 0 Å². The highest BCUT2D eigenvalue weighted by atomic mass is 16.7. The van der Waals surface area contributed by atoms with Crippen molar-refractivity contribution in [3.8, 4) is 0 Å². The molecule has 4 nitrogen and oxygen atoms in total. The topological polar surface area (TPSA) is 64.3 Å². The van der Waals surface area contributed by atoms with Crippen LogP contribution in [-0.2, 0) is 10.4 Å². The standard InChI is InChI=1S/C10H14N2O2/c1-10(2,14-12-9(11)13)8-6-4-3-5-7-8/h3-7H,1-2H3,(H3,11,12,13). The smallest absolute Gasteiger partial charge is 0.336 e. The van der Waals surface area contributed by atoms with Crippen LogP contribution >= 0.6 is 0 Å². The third-order valence-electron chi connectivity index (χ3n) is 1.88. The maximum absolute atomic E-state index is 10.5. The fraction of sp³-hybridized carbons (Fsp3) is 0.300. The van der Waals surface area contributed by atoms with Gasteiger partial charge in [-0.05, 0) is 19.4 Å². The van der Waals surface area contributed by atoms with Gasteiger partial charge in [0.1, 0.15) is 5.60 Å². The zero-order valence-electron chi connectivity index (χ0n) is 8.28. The number of rotatable bonds is 3. The summed E-state index contributed by atoms with van der Waals surface area (Å²) in [6, 6.07) is 8.87. The Morgan fingerprint density at radius 3 is 2.43 bits per heavy atom. The Balaban J connectivity index is 2.70. The molecule has 0 heterocycles. The summed E-state index contributed by atoms with van der Waals surface area (Å²) in [5.74, 6) is 0. The molecule has 2 amide bonds. The summed E-state index contributed by atoms with van der Waals surface area (Å²) in [5.41, 5.74) is 7.41. The van der Waals surface area contributed by atoms with Crippen molar-refractivity contribution in [2.75, 3.05) is 0 Å².